The van der Waals surface area contributed by atoms with Crippen LogP contribution < -0.4 is 5.32 Å². The van der Waals surface area contributed by atoms with Crippen LogP contribution in [0.25, 0.3) is 0 Å². The second-order valence-corrected chi connectivity index (χ2v) is 7.94. The molecule has 2 atom stereocenters. The summed E-state index contributed by atoms with van der Waals surface area (Å²) in [6, 6.07) is 10.2. The average Bonchev–Trinajstić information content (AvgIpc) is 2.69. The zero-order chi connectivity index (χ0) is 20.5. The predicted octanol–water partition coefficient (Wildman–Crippen LogP) is 6.39. The molecule has 0 aliphatic rings. The highest BCUT2D eigenvalue weighted by atomic mass is 16.4. The molecule has 0 spiro atoms. The topological polar surface area (TPSA) is 69.6 Å². The zero-order valence-corrected chi connectivity index (χ0v) is 17.7. The Kier molecular flexibility index (Phi) is 14.4. The van der Waals surface area contributed by atoms with Crippen LogP contribution in [0.2, 0.25) is 0 Å². The number of unbranched alkanes of at least 4 members (excludes halogenated alkanes) is 9. The van der Waals surface area contributed by atoms with Gasteiger partial charge in [0.15, 0.2) is 0 Å². The standard InChI is InChI=1S/C24H41NO3/c1-2-3-4-5-8-14-19-23(26)22(25-21-16-11-10-12-17-21)18-13-7-6-9-15-20-24(27)28/h10-12,16-17,22-23,25-26H,2-9,13-15,18-20H2,1H3,(H,27,28). The lowest BCUT2D eigenvalue weighted by Crippen LogP contribution is -2.33. The molecule has 4 nitrogen and oxygen atoms in total. The van der Waals surface area contributed by atoms with Gasteiger partial charge in [-0.1, -0.05) is 89.3 Å². The van der Waals surface area contributed by atoms with E-state index in [-0.39, 0.29) is 18.6 Å². The van der Waals surface area contributed by atoms with Crippen molar-refractivity contribution in [3.8, 4) is 0 Å². The number of carbonyl (C=O) groups is 1. The fourth-order valence-corrected chi connectivity index (χ4v) is 3.61. The van der Waals surface area contributed by atoms with Gasteiger partial charge in [0.1, 0.15) is 0 Å². The van der Waals surface area contributed by atoms with Gasteiger partial charge >= 0.3 is 5.97 Å². The predicted molar refractivity (Wildman–Crippen MR) is 118 cm³/mol. The van der Waals surface area contributed by atoms with Crippen molar-refractivity contribution in [3.63, 3.8) is 0 Å². The van der Waals surface area contributed by atoms with Gasteiger partial charge in [0.05, 0.1) is 12.1 Å². The van der Waals surface area contributed by atoms with E-state index >= 15 is 0 Å². The van der Waals surface area contributed by atoms with Gasteiger partial charge in [0.2, 0.25) is 0 Å². The quantitative estimate of drug-likeness (QED) is 0.253. The van der Waals surface area contributed by atoms with Crippen LogP contribution in [-0.4, -0.2) is 28.3 Å². The third kappa shape index (κ3) is 12.8. The lowest BCUT2D eigenvalue weighted by Gasteiger charge is -2.25. The first-order valence-corrected chi connectivity index (χ1v) is 11.3. The van der Waals surface area contributed by atoms with Crippen molar-refractivity contribution in [1.29, 1.82) is 0 Å². The van der Waals surface area contributed by atoms with Crippen molar-refractivity contribution in [2.24, 2.45) is 0 Å². The van der Waals surface area contributed by atoms with E-state index in [1.807, 2.05) is 18.2 Å². The van der Waals surface area contributed by atoms with E-state index in [2.05, 4.69) is 24.4 Å². The number of carboxylic acids is 1. The molecule has 4 heteroatoms. The van der Waals surface area contributed by atoms with Crippen molar-refractivity contribution in [1.82, 2.24) is 0 Å². The molecular formula is C24H41NO3. The fourth-order valence-electron chi connectivity index (χ4n) is 3.61. The number of nitrogens with one attached hydrogen (secondary N) is 1. The second-order valence-electron chi connectivity index (χ2n) is 7.94. The normalized spacial score (nSPS) is 13.2. The Morgan fingerprint density at radius 2 is 1.43 bits per heavy atom. The number of benzene rings is 1. The van der Waals surface area contributed by atoms with Gasteiger partial charge in [-0.2, -0.15) is 0 Å². The summed E-state index contributed by atoms with van der Waals surface area (Å²) in [4.78, 5) is 10.5. The van der Waals surface area contributed by atoms with Crippen LogP contribution in [0.15, 0.2) is 30.3 Å². The number of rotatable bonds is 18. The molecule has 0 saturated carbocycles. The SMILES string of the molecule is CCCCCCCCC(O)C(CCCCCCCC(=O)O)Nc1ccccc1. The maximum absolute atomic E-state index is 10.7. The molecule has 0 radical (unpaired) electrons. The molecule has 0 fully saturated rings. The van der Waals surface area contributed by atoms with Crippen molar-refractivity contribution < 1.29 is 15.0 Å². The summed E-state index contributed by atoms with van der Waals surface area (Å²) in [5.74, 6) is -0.704. The first kappa shape index (κ1) is 24.5. The Balaban J connectivity index is 2.33. The van der Waals surface area contributed by atoms with Gasteiger partial charge in [0, 0.05) is 12.1 Å². The number of aliphatic hydroxyl groups excluding tert-OH is 1. The van der Waals surface area contributed by atoms with Crippen LogP contribution in [0.3, 0.4) is 0 Å². The summed E-state index contributed by atoms with van der Waals surface area (Å²) >= 11 is 0. The number of hydrogen-bond donors (Lipinski definition) is 3. The van der Waals surface area contributed by atoms with E-state index in [1.165, 1.54) is 32.1 Å². The number of carboxylic acid groups (broad SMARTS) is 1. The van der Waals surface area contributed by atoms with E-state index in [1.54, 1.807) is 0 Å². The largest absolute Gasteiger partial charge is 0.481 e. The number of aliphatic hydroxyl groups is 1. The van der Waals surface area contributed by atoms with Crippen molar-refractivity contribution in [2.45, 2.75) is 109 Å². The van der Waals surface area contributed by atoms with Crippen LogP contribution in [0.5, 0.6) is 0 Å². The number of anilines is 1. The highest BCUT2D eigenvalue weighted by Crippen LogP contribution is 2.19. The van der Waals surface area contributed by atoms with E-state index in [0.29, 0.717) is 0 Å². The highest BCUT2D eigenvalue weighted by Gasteiger charge is 2.18. The molecular weight excluding hydrogens is 350 g/mol. The molecule has 0 aliphatic carbocycles. The summed E-state index contributed by atoms with van der Waals surface area (Å²) < 4.78 is 0. The van der Waals surface area contributed by atoms with Gasteiger partial charge in [0.25, 0.3) is 0 Å². The molecule has 0 bridgehead atoms. The summed E-state index contributed by atoms with van der Waals surface area (Å²) in [7, 11) is 0. The zero-order valence-electron chi connectivity index (χ0n) is 17.7. The molecule has 3 N–H and O–H groups in total. The monoisotopic (exact) mass is 391 g/mol. The van der Waals surface area contributed by atoms with Crippen LogP contribution in [0.1, 0.15) is 96.8 Å². The minimum Gasteiger partial charge on any atom is -0.481 e. The Morgan fingerprint density at radius 1 is 0.857 bits per heavy atom. The molecule has 0 saturated heterocycles. The van der Waals surface area contributed by atoms with Gasteiger partial charge in [-0.3, -0.25) is 4.79 Å². The van der Waals surface area contributed by atoms with E-state index in [9.17, 15) is 9.90 Å². The molecule has 0 aliphatic heterocycles. The number of para-hydroxylation sites is 1. The molecule has 1 aromatic carbocycles. The maximum Gasteiger partial charge on any atom is 0.303 e. The molecule has 160 valence electrons. The Morgan fingerprint density at radius 3 is 2.07 bits per heavy atom. The fraction of sp³-hybridized carbons (Fsp3) is 0.708. The smallest absolute Gasteiger partial charge is 0.303 e. The molecule has 2 unspecified atom stereocenters. The summed E-state index contributed by atoms with van der Waals surface area (Å²) in [6.45, 7) is 2.23. The number of hydrogen-bond acceptors (Lipinski definition) is 3. The van der Waals surface area contributed by atoms with E-state index < -0.39 is 5.97 Å². The van der Waals surface area contributed by atoms with Gasteiger partial charge in [-0.15, -0.1) is 0 Å². The molecule has 1 aromatic rings. The van der Waals surface area contributed by atoms with Crippen LogP contribution >= 0.6 is 0 Å². The van der Waals surface area contributed by atoms with Gasteiger partial charge < -0.3 is 15.5 Å². The molecule has 1 rings (SSSR count). The minimum atomic E-state index is -0.704. The van der Waals surface area contributed by atoms with E-state index in [0.717, 1.165) is 57.1 Å². The van der Waals surface area contributed by atoms with E-state index in [4.69, 9.17) is 5.11 Å². The Hall–Kier alpha value is -1.55. The second kappa shape index (κ2) is 16.4. The lowest BCUT2D eigenvalue weighted by atomic mass is 9.97. The molecule has 0 heterocycles. The van der Waals surface area contributed by atoms with Crippen LogP contribution in [0, 0.1) is 0 Å². The Labute approximate surface area is 171 Å². The van der Waals surface area contributed by atoms with Gasteiger partial charge in [-0.05, 0) is 31.4 Å². The van der Waals surface area contributed by atoms with Crippen molar-refractivity contribution >= 4 is 11.7 Å². The highest BCUT2D eigenvalue weighted by molar-refractivity contribution is 5.66. The van der Waals surface area contributed by atoms with Crippen molar-refractivity contribution in [2.75, 3.05) is 5.32 Å². The first-order valence-electron chi connectivity index (χ1n) is 11.3. The van der Waals surface area contributed by atoms with Crippen LogP contribution in [0.4, 0.5) is 5.69 Å². The minimum absolute atomic E-state index is 0.0806. The summed E-state index contributed by atoms with van der Waals surface area (Å²) in [6.07, 6.45) is 14.2. The first-order chi connectivity index (χ1) is 13.6. The lowest BCUT2D eigenvalue weighted by molar-refractivity contribution is -0.137. The van der Waals surface area contributed by atoms with Gasteiger partial charge in [-0.25, -0.2) is 0 Å². The van der Waals surface area contributed by atoms with Crippen LogP contribution in [-0.2, 0) is 4.79 Å². The molecule has 0 aromatic heterocycles. The number of aliphatic carboxylic acids is 1. The molecule has 28 heavy (non-hydrogen) atoms. The Bertz CT molecular complexity index is 492. The third-order valence-electron chi connectivity index (χ3n) is 5.35. The molecule has 0 amide bonds. The maximum atomic E-state index is 10.7. The average molecular weight is 392 g/mol. The summed E-state index contributed by atoms with van der Waals surface area (Å²) in [5, 5.41) is 23.0. The van der Waals surface area contributed by atoms with Crippen molar-refractivity contribution in [3.05, 3.63) is 30.3 Å². The summed E-state index contributed by atoms with van der Waals surface area (Å²) in [5.41, 5.74) is 1.07. The third-order valence-corrected chi connectivity index (χ3v) is 5.35.